The lowest BCUT2D eigenvalue weighted by Crippen LogP contribution is -2.19. The third-order valence-electron chi connectivity index (χ3n) is 4.23. The summed E-state index contributed by atoms with van der Waals surface area (Å²) in [6, 6.07) is 12.3. The van der Waals surface area contributed by atoms with Crippen LogP contribution in [0, 0.1) is 3.57 Å². The minimum atomic E-state index is 0.0384. The highest BCUT2D eigenvalue weighted by Crippen LogP contribution is 2.29. The molecule has 0 spiro atoms. The van der Waals surface area contributed by atoms with Crippen LogP contribution in [0.25, 0.3) is 23.1 Å². The van der Waals surface area contributed by atoms with Crippen molar-refractivity contribution in [3.05, 3.63) is 57.6 Å². The van der Waals surface area contributed by atoms with E-state index in [4.69, 9.17) is 9.84 Å². The summed E-state index contributed by atoms with van der Waals surface area (Å²) in [5.74, 6) is 0. The van der Waals surface area contributed by atoms with Crippen molar-refractivity contribution in [2.75, 3.05) is 6.61 Å². The van der Waals surface area contributed by atoms with E-state index in [-0.39, 0.29) is 6.23 Å². The SMILES string of the molecule is Ic1ccc2c(/C=C/c3ccccn3)nn(C3CCCCO3)c2c1. The molecule has 2 aromatic heterocycles. The van der Waals surface area contributed by atoms with Gasteiger partial charge in [-0.3, -0.25) is 4.98 Å². The van der Waals surface area contributed by atoms with E-state index in [0.29, 0.717) is 0 Å². The van der Waals surface area contributed by atoms with Crippen molar-refractivity contribution in [2.45, 2.75) is 25.5 Å². The van der Waals surface area contributed by atoms with Gasteiger partial charge in [0.15, 0.2) is 6.23 Å². The van der Waals surface area contributed by atoms with Crippen LogP contribution in [0.15, 0.2) is 42.6 Å². The largest absolute Gasteiger partial charge is 0.356 e. The van der Waals surface area contributed by atoms with Gasteiger partial charge >= 0.3 is 0 Å². The van der Waals surface area contributed by atoms with Gasteiger partial charge in [-0.2, -0.15) is 5.10 Å². The molecule has 1 fully saturated rings. The molecule has 1 aliphatic heterocycles. The summed E-state index contributed by atoms with van der Waals surface area (Å²) < 4.78 is 9.21. The van der Waals surface area contributed by atoms with E-state index < -0.39 is 0 Å². The summed E-state index contributed by atoms with van der Waals surface area (Å²) in [7, 11) is 0. The molecule has 0 amide bonds. The van der Waals surface area contributed by atoms with Crippen molar-refractivity contribution >= 4 is 45.6 Å². The molecule has 1 unspecified atom stereocenters. The molecule has 3 aromatic rings. The molecule has 0 bridgehead atoms. The van der Waals surface area contributed by atoms with Gasteiger partial charge in [0.2, 0.25) is 0 Å². The van der Waals surface area contributed by atoms with Crippen LogP contribution in [0.1, 0.15) is 36.9 Å². The Kier molecular flexibility index (Phi) is 4.62. The number of rotatable bonds is 3. The van der Waals surface area contributed by atoms with Crippen LogP contribution in [-0.4, -0.2) is 21.4 Å². The van der Waals surface area contributed by atoms with Gasteiger partial charge in [0.25, 0.3) is 0 Å². The third-order valence-corrected chi connectivity index (χ3v) is 4.90. The van der Waals surface area contributed by atoms with Gasteiger partial charge in [-0.25, -0.2) is 4.68 Å². The Morgan fingerprint density at radius 3 is 2.92 bits per heavy atom. The summed E-state index contributed by atoms with van der Waals surface area (Å²) in [6.45, 7) is 0.815. The van der Waals surface area contributed by atoms with Crippen LogP contribution >= 0.6 is 22.6 Å². The van der Waals surface area contributed by atoms with Crippen molar-refractivity contribution in [1.29, 1.82) is 0 Å². The number of hydrogen-bond donors (Lipinski definition) is 0. The highest BCUT2D eigenvalue weighted by molar-refractivity contribution is 14.1. The first-order chi connectivity index (χ1) is 11.8. The summed E-state index contributed by atoms with van der Waals surface area (Å²) in [5, 5.41) is 5.99. The highest BCUT2D eigenvalue weighted by atomic mass is 127. The molecule has 1 aliphatic rings. The van der Waals surface area contributed by atoms with Crippen molar-refractivity contribution < 1.29 is 4.74 Å². The normalized spacial score (nSPS) is 18.5. The smallest absolute Gasteiger partial charge is 0.150 e. The number of halogens is 1. The van der Waals surface area contributed by atoms with Crippen LogP contribution in [0.5, 0.6) is 0 Å². The van der Waals surface area contributed by atoms with Crippen LogP contribution in [0.3, 0.4) is 0 Å². The Balaban J connectivity index is 1.76. The predicted octanol–water partition coefficient (Wildman–Crippen LogP) is 4.91. The average Bonchev–Trinajstić information content (AvgIpc) is 2.99. The van der Waals surface area contributed by atoms with Crippen molar-refractivity contribution in [3.8, 4) is 0 Å². The molecule has 4 rings (SSSR count). The molecule has 3 heterocycles. The Labute approximate surface area is 154 Å². The van der Waals surface area contributed by atoms with Gasteiger partial charge in [0.1, 0.15) is 0 Å². The van der Waals surface area contributed by atoms with E-state index in [1.807, 2.05) is 30.4 Å². The Bertz CT molecular complexity index is 867. The molecule has 1 saturated heterocycles. The van der Waals surface area contributed by atoms with E-state index in [2.05, 4.69) is 50.5 Å². The van der Waals surface area contributed by atoms with Gasteiger partial charge < -0.3 is 4.74 Å². The van der Waals surface area contributed by atoms with Gasteiger partial charge in [0, 0.05) is 21.8 Å². The molecule has 1 atom stereocenters. The molecule has 0 aliphatic carbocycles. The molecule has 0 N–H and O–H groups in total. The highest BCUT2D eigenvalue weighted by Gasteiger charge is 2.20. The second kappa shape index (κ2) is 7.03. The lowest BCUT2D eigenvalue weighted by Gasteiger charge is -2.23. The maximum absolute atomic E-state index is 5.95. The van der Waals surface area contributed by atoms with Gasteiger partial charge in [0.05, 0.1) is 16.9 Å². The quantitative estimate of drug-likeness (QED) is 0.554. The van der Waals surface area contributed by atoms with Crippen LogP contribution in [0.4, 0.5) is 0 Å². The number of fused-ring (bicyclic) bond motifs is 1. The maximum atomic E-state index is 5.95. The van der Waals surface area contributed by atoms with Gasteiger partial charge in [-0.15, -0.1) is 0 Å². The first kappa shape index (κ1) is 15.8. The van der Waals surface area contributed by atoms with Crippen molar-refractivity contribution in [3.63, 3.8) is 0 Å². The van der Waals surface area contributed by atoms with Crippen molar-refractivity contribution in [2.24, 2.45) is 0 Å². The Hall–Kier alpha value is -1.73. The molecule has 0 saturated carbocycles. The minimum Gasteiger partial charge on any atom is -0.356 e. The topological polar surface area (TPSA) is 39.9 Å². The number of aromatic nitrogens is 3. The number of nitrogens with zero attached hydrogens (tertiary/aromatic N) is 3. The molecular weight excluding hydrogens is 413 g/mol. The van der Waals surface area contributed by atoms with E-state index in [0.717, 1.165) is 41.7 Å². The summed E-state index contributed by atoms with van der Waals surface area (Å²) in [5.41, 5.74) is 3.02. The zero-order chi connectivity index (χ0) is 16.4. The zero-order valence-electron chi connectivity index (χ0n) is 13.2. The molecule has 1 aromatic carbocycles. The monoisotopic (exact) mass is 431 g/mol. The zero-order valence-corrected chi connectivity index (χ0v) is 15.4. The van der Waals surface area contributed by atoms with Crippen molar-refractivity contribution in [1.82, 2.24) is 14.8 Å². The fraction of sp³-hybridized carbons (Fsp3) is 0.263. The second-order valence-corrected chi connectivity index (χ2v) is 7.15. The lowest BCUT2D eigenvalue weighted by molar-refractivity contribution is -0.0367. The first-order valence-corrected chi connectivity index (χ1v) is 9.27. The molecule has 5 heteroatoms. The average molecular weight is 431 g/mol. The molecular formula is C19H18IN3O. The maximum Gasteiger partial charge on any atom is 0.150 e. The van der Waals surface area contributed by atoms with E-state index in [1.54, 1.807) is 6.20 Å². The van der Waals surface area contributed by atoms with Gasteiger partial charge in [-0.1, -0.05) is 6.07 Å². The molecule has 24 heavy (non-hydrogen) atoms. The van der Waals surface area contributed by atoms with Gasteiger partial charge in [-0.05, 0) is 84.3 Å². The second-order valence-electron chi connectivity index (χ2n) is 5.90. The van der Waals surface area contributed by atoms with Crippen LogP contribution < -0.4 is 0 Å². The predicted molar refractivity (Wildman–Crippen MR) is 104 cm³/mol. The summed E-state index contributed by atoms with van der Waals surface area (Å²) >= 11 is 2.35. The van der Waals surface area contributed by atoms with Crippen LogP contribution in [0.2, 0.25) is 0 Å². The lowest BCUT2D eigenvalue weighted by atomic mass is 10.1. The number of pyridine rings is 1. The fourth-order valence-corrected chi connectivity index (χ4v) is 3.51. The molecule has 0 radical (unpaired) electrons. The first-order valence-electron chi connectivity index (χ1n) is 8.20. The fourth-order valence-electron chi connectivity index (χ4n) is 3.03. The number of benzene rings is 1. The van der Waals surface area contributed by atoms with E-state index in [1.165, 1.54) is 9.99 Å². The summed E-state index contributed by atoms with van der Waals surface area (Å²) in [4.78, 5) is 4.34. The third kappa shape index (κ3) is 3.23. The molecule has 122 valence electrons. The minimum absolute atomic E-state index is 0.0384. The number of hydrogen-bond acceptors (Lipinski definition) is 3. The number of ether oxygens (including phenoxy) is 1. The summed E-state index contributed by atoms with van der Waals surface area (Å²) in [6.07, 6.45) is 9.23. The molecule has 4 nitrogen and oxygen atoms in total. The standard InChI is InChI=1S/C19H18IN3O/c20-14-7-9-16-17(10-8-15-5-1-3-11-21-15)22-23(18(16)13-14)19-6-2-4-12-24-19/h1,3,5,7-11,13,19H,2,4,6,12H2/b10-8+. The van der Waals surface area contributed by atoms with E-state index in [9.17, 15) is 0 Å². The Morgan fingerprint density at radius 1 is 1.17 bits per heavy atom. The van der Waals surface area contributed by atoms with E-state index >= 15 is 0 Å². The Morgan fingerprint density at radius 2 is 2.12 bits per heavy atom. The van der Waals surface area contributed by atoms with Crippen LogP contribution in [-0.2, 0) is 4.74 Å².